The number of allylic oxidation sites excluding steroid dienone is 1. The Hall–Kier alpha value is -3.01. The summed E-state index contributed by atoms with van der Waals surface area (Å²) < 4.78 is 5.36. The second-order valence-corrected chi connectivity index (χ2v) is 5.99. The van der Waals surface area contributed by atoms with Crippen LogP contribution < -0.4 is 0 Å². The van der Waals surface area contributed by atoms with Gasteiger partial charge >= 0.3 is 5.97 Å². The lowest BCUT2D eigenvalue weighted by molar-refractivity contribution is -0.143. The summed E-state index contributed by atoms with van der Waals surface area (Å²) in [6.45, 7) is 0. The Bertz CT molecular complexity index is 895. The van der Waals surface area contributed by atoms with Gasteiger partial charge in [-0.1, -0.05) is 54.6 Å². The van der Waals surface area contributed by atoms with Crippen LogP contribution in [-0.2, 0) is 9.53 Å². The van der Waals surface area contributed by atoms with Crippen molar-refractivity contribution in [2.45, 2.75) is 18.4 Å². The van der Waals surface area contributed by atoms with Gasteiger partial charge in [-0.15, -0.1) is 0 Å². The van der Waals surface area contributed by atoms with Gasteiger partial charge in [0, 0.05) is 23.1 Å². The van der Waals surface area contributed by atoms with E-state index in [1.807, 2.05) is 6.07 Å². The molecule has 4 rings (SSSR count). The van der Waals surface area contributed by atoms with Crippen LogP contribution >= 0.6 is 0 Å². The molecule has 2 aromatic carbocycles. The van der Waals surface area contributed by atoms with Gasteiger partial charge in [0.05, 0.1) is 6.42 Å². The summed E-state index contributed by atoms with van der Waals surface area (Å²) >= 11 is 0. The van der Waals surface area contributed by atoms with Crippen LogP contribution in [0.1, 0.15) is 39.1 Å². The van der Waals surface area contributed by atoms with Gasteiger partial charge in [0.2, 0.25) is 5.78 Å². The summed E-state index contributed by atoms with van der Waals surface area (Å²) in [5.74, 6) is -0.850. The summed E-state index contributed by atoms with van der Waals surface area (Å²) in [6.07, 6.45) is 1.99. The summed E-state index contributed by atoms with van der Waals surface area (Å²) in [6, 6.07) is 15.8. The number of Topliss-reactive ketones (excluding diaryl/α,β-unsaturated/α-hetero) is 2. The minimum atomic E-state index is -1.34. The molecule has 4 heteroatoms. The first kappa shape index (κ1) is 14.6. The molecule has 0 amide bonds. The summed E-state index contributed by atoms with van der Waals surface area (Å²) in [4.78, 5) is 37.5. The lowest BCUT2D eigenvalue weighted by Crippen LogP contribution is -2.40. The molecule has 0 aromatic heterocycles. The number of hydrogen-bond acceptors (Lipinski definition) is 4. The number of ether oxygens (including phenoxy) is 1. The molecule has 4 nitrogen and oxygen atoms in total. The lowest BCUT2D eigenvalue weighted by Gasteiger charge is -2.29. The molecule has 1 aliphatic carbocycles. The molecule has 118 valence electrons. The highest BCUT2D eigenvalue weighted by Crippen LogP contribution is 2.40. The average molecular weight is 318 g/mol. The smallest absolute Gasteiger partial charge is 0.307 e. The maximum Gasteiger partial charge on any atom is 0.307 e. The minimum Gasteiger partial charge on any atom is -0.446 e. The zero-order valence-electron chi connectivity index (χ0n) is 12.8. The molecule has 1 atom stereocenters. The number of rotatable bonds is 2. The molecule has 1 fully saturated rings. The van der Waals surface area contributed by atoms with Crippen LogP contribution in [0, 0.1) is 0 Å². The Labute approximate surface area is 138 Å². The van der Waals surface area contributed by atoms with Gasteiger partial charge in [-0.2, -0.15) is 0 Å². The highest BCUT2D eigenvalue weighted by Gasteiger charge is 2.49. The Morgan fingerprint density at radius 1 is 0.917 bits per heavy atom. The van der Waals surface area contributed by atoms with Crippen molar-refractivity contribution >= 4 is 23.1 Å². The zero-order chi connectivity index (χ0) is 16.7. The first-order chi connectivity index (χ1) is 11.6. The first-order valence-electron chi connectivity index (χ1n) is 7.79. The van der Waals surface area contributed by atoms with E-state index in [1.54, 1.807) is 48.5 Å². The van der Waals surface area contributed by atoms with Crippen molar-refractivity contribution in [3.8, 4) is 0 Å². The Morgan fingerprint density at radius 2 is 1.58 bits per heavy atom. The van der Waals surface area contributed by atoms with E-state index in [-0.39, 0.29) is 24.4 Å². The quantitative estimate of drug-likeness (QED) is 0.630. The van der Waals surface area contributed by atoms with E-state index in [9.17, 15) is 14.4 Å². The number of carbonyl (C=O) groups excluding carboxylic acids is 3. The monoisotopic (exact) mass is 318 g/mol. The molecule has 0 saturated carbocycles. The summed E-state index contributed by atoms with van der Waals surface area (Å²) in [7, 11) is 0. The number of benzene rings is 2. The van der Waals surface area contributed by atoms with Gasteiger partial charge in [0.25, 0.3) is 0 Å². The Balaban J connectivity index is 1.90. The van der Waals surface area contributed by atoms with Gasteiger partial charge in [0.1, 0.15) is 0 Å². The van der Waals surface area contributed by atoms with Crippen LogP contribution in [0.25, 0.3) is 5.57 Å². The van der Waals surface area contributed by atoms with Crippen LogP contribution in [0.2, 0.25) is 0 Å². The van der Waals surface area contributed by atoms with Crippen molar-refractivity contribution in [1.29, 1.82) is 0 Å². The van der Waals surface area contributed by atoms with E-state index in [0.29, 0.717) is 22.3 Å². The number of hydrogen-bond donors (Lipinski definition) is 0. The fourth-order valence-electron chi connectivity index (χ4n) is 3.31. The van der Waals surface area contributed by atoms with Crippen molar-refractivity contribution in [2.75, 3.05) is 0 Å². The third-order valence-electron chi connectivity index (χ3n) is 4.50. The van der Waals surface area contributed by atoms with Crippen LogP contribution in [0.5, 0.6) is 0 Å². The highest BCUT2D eigenvalue weighted by molar-refractivity contribution is 6.33. The van der Waals surface area contributed by atoms with Crippen molar-refractivity contribution in [3.63, 3.8) is 0 Å². The molecular formula is C20H14O4. The zero-order valence-corrected chi connectivity index (χ0v) is 12.8. The summed E-state index contributed by atoms with van der Waals surface area (Å²) in [5, 5.41) is 0. The molecule has 24 heavy (non-hydrogen) atoms. The second kappa shape index (κ2) is 5.27. The average Bonchev–Trinajstić information content (AvgIpc) is 3.00. The number of carbonyl (C=O) groups is 3. The van der Waals surface area contributed by atoms with E-state index in [2.05, 4.69) is 0 Å². The van der Waals surface area contributed by atoms with Gasteiger partial charge in [0.15, 0.2) is 11.4 Å². The van der Waals surface area contributed by atoms with Crippen molar-refractivity contribution in [3.05, 3.63) is 77.4 Å². The van der Waals surface area contributed by atoms with Crippen LogP contribution in [0.4, 0.5) is 0 Å². The molecule has 0 unspecified atom stereocenters. The summed E-state index contributed by atoms with van der Waals surface area (Å²) in [5.41, 5.74) is 0.614. The highest BCUT2D eigenvalue weighted by atomic mass is 16.6. The normalized spacial score (nSPS) is 22.1. The standard InChI is InChI=1S/C20H14O4/c21-17-10-11-20(24-17)12-16(18(22)13-6-2-1-3-7-13)14-8-4-5-9-15(14)19(20)23/h1-9,12H,10-11H2/t20-/m1/s1. The van der Waals surface area contributed by atoms with E-state index >= 15 is 0 Å². The van der Waals surface area contributed by atoms with E-state index in [4.69, 9.17) is 4.74 Å². The lowest BCUT2D eigenvalue weighted by atomic mass is 9.77. The first-order valence-corrected chi connectivity index (χ1v) is 7.79. The molecule has 1 saturated heterocycles. The van der Waals surface area contributed by atoms with E-state index in [0.717, 1.165) is 0 Å². The topological polar surface area (TPSA) is 60.4 Å². The predicted molar refractivity (Wildman–Crippen MR) is 87.6 cm³/mol. The van der Waals surface area contributed by atoms with Crippen molar-refractivity contribution < 1.29 is 19.1 Å². The van der Waals surface area contributed by atoms with Gasteiger partial charge in [-0.05, 0) is 11.6 Å². The molecule has 2 aromatic rings. The third-order valence-corrected chi connectivity index (χ3v) is 4.50. The maximum atomic E-state index is 13.0. The van der Waals surface area contributed by atoms with E-state index < -0.39 is 11.6 Å². The number of fused-ring (bicyclic) bond motifs is 1. The molecule has 2 aliphatic rings. The Morgan fingerprint density at radius 3 is 2.25 bits per heavy atom. The van der Waals surface area contributed by atoms with Crippen LogP contribution in [0.3, 0.4) is 0 Å². The van der Waals surface area contributed by atoms with Gasteiger partial charge < -0.3 is 4.74 Å². The molecule has 0 radical (unpaired) electrons. The van der Waals surface area contributed by atoms with Crippen LogP contribution in [0.15, 0.2) is 60.7 Å². The molecule has 1 spiro atoms. The maximum absolute atomic E-state index is 13.0. The van der Waals surface area contributed by atoms with Crippen molar-refractivity contribution in [1.82, 2.24) is 0 Å². The van der Waals surface area contributed by atoms with Gasteiger partial charge in [-0.3, -0.25) is 14.4 Å². The number of esters is 1. The fourth-order valence-corrected chi connectivity index (χ4v) is 3.31. The largest absolute Gasteiger partial charge is 0.446 e. The SMILES string of the molecule is O=C1CC[C@]2(C=C(C(=O)c3ccccc3)c3ccccc3C2=O)O1. The number of ketones is 2. The molecule has 0 N–H and O–H groups in total. The van der Waals surface area contributed by atoms with Crippen molar-refractivity contribution in [2.24, 2.45) is 0 Å². The minimum absolute atomic E-state index is 0.178. The van der Waals surface area contributed by atoms with Gasteiger partial charge in [-0.25, -0.2) is 0 Å². The fraction of sp³-hybridized carbons (Fsp3) is 0.150. The Kier molecular flexibility index (Phi) is 3.20. The third kappa shape index (κ3) is 2.11. The second-order valence-electron chi connectivity index (χ2n) is 5.99. The van der Waals surface area contributed by atoms with Crippen LogP contribution in [-0.4, -0.2) is 23.1 Å². The molecular weight excluding hydrogens is 304 g/mol. The predicted octanol–water partition coefficient (Wildman–Crippen LogP) is 3.23. The molecule has 1 aliphatic heterocycles. The molecule has 1 heterocycles. The molecule has 0 bridgehead atoms. The van der Waals surface area contributed by atoms with E-state index in [1.165, 1.54) is 6.08 Å².